The van der Waals surface area contributed by atoms with Crippen molar-refractivity contribution >= 4 is 68.9 Å². The second kappa shape index (κ2) is 8.23. The lowest BCUT2D eigenvalue weighted by atomic mass is 10.1. The topological polar surface area (TPSA) is 53.8 Å². The summed E-state index contributed by atoms with van der Waals surface area (Å²) in [6, 6.07) is 12.3. The summed E-state index contributed by atoms with van der Waals surface area (Å²) in [7, 11) is 0. The van der Waals surface area contributed by atoms with Crippen molar-refractivity contribution in [1.82, 2.24) is 0 Å². The van der Waals surface area contributed by atoms with Gasteiger partial charge >= 0.3 is 0 Å². The Morgan fingerprint density at radius 3 is 2.41 bits per heavy atom. The maximum atomic E-state index is 12.3. The second-order valence-corrected chi connectivity index (χ2v) is 8.58. The van der Waals surface area contributed by atoms with E-state index < -0.39 is 5.66 Å². The molecule has 2 aromatic carbocycles. The van der Waals surface area contributed by atoms with Gasteiger partial charge in [0.1, 0.15) is 10.7 Å². The number of halogens is 3. The van der Waals surface area contributed by atoms with Crippen molar-refractivity contribution in [3.05, 3.63) is 63.1 Å². The molecule has 0 fully saturated rings. The fraction of sp³-hybridized carbons (Fsp3) is 0.211. The first-order valence-corrected chi connectivity index (χ1v) is 10.2. The molecule has 2 aromatic rings. The Morgan fingerprint density at radius 2 is 1.70 bits per heavy atom. The van der Waals surface area contributed by atoms with Crippen LogP contribution in [0.25, 0.3) is 0 Å². The van der Waals surface area contributed by atoms with Gasteiger partial charge in [0, 0.05) is 15.6 Å². The Balaban J connectivity index is 1.70. The highest BCUT2D eigenvalue weighted by Gasteiger charge is 2.28. The molecule has 4 nitrogen and oxygen atoms in total. The molecule has 1 aliphatic heterocycles. The maximum Gasteiger partial charge on any atom is 0.234 e. The molecule has 1 aliphatic rings. The Kier molecular flexibility index (Phi) is 6.16. The normalized spacial score (nSPS) is 15.3. The number of hydrogen-bond donors (Lipinski definition) is 1. The van der Waals surface area contributed by atoms with Gasteiger partial charge in [-0.2, -0.15) is 0 Å². The van der Waals surface area contributed by atoms with Crippen molar-refractivity contribution in [3.8, 4) is 0 Å². The summed E-state index contributed by atoms with van der Waals surface area (Å²) < 4.78 is 0. The first kappa shape index (κ1) is 20.2. The molecule has 0 unspecified atom stereocenters. The standard InChI is InChI=1S/C19H16Cl3N3OS/c1-19(2)24-17(11-3-5-12(20)6-4-11)18(25-19)27-10-16(26)23-15-9-13(21)7-8-14(15)22/h3-9H,10H2,1-2H3,(H,23,26). The van der Waals surface area contributed by atoms with E-state index in [-0.39, 0.29) is 11.7 Å². The van der Waals surface area contributed by atoms with Gasteiger partial charge in [-0.05, 0) is 44.2 Å². The van der Waals surface area contributed by atoms with Crippen LogP contribution in [-0.4, -0.2) is 28.1 Å². The number of hydrogen-bond acceptors (Lipinski definition) is 4. The molecule has 27 heavy (non-hydrogen) atoms. The number of aliphatic imine (C=N–C) groups is 2. The molecule has 8 heteroatoms. The molecule has 0 aliphatic carbocycles. The summed E-state index contributed by atoms with van der Waals surface area (Å²) in [5, 5.41) is 5.07. The average Bonchev–Trinajstić information content (AvgIpc) is 2.92. The molecule has 0 radical (unpaired) electrons. The molecule has 140 valence electrons. The molecule has 0 spiro atoms. The van der Waals surface area contributed by atoms with Gasteiger partial charge in [0.2, 0.25) is 5.91 Å². The van der Waals surface area contributed by atoms with Gasteiger partial charge in [-0.1, -0.05) is 58.7 Å². The van der Waals surface area contributed by atoms with Crippen LogP contribution in [0.2, 0.25) is 15.1 Å². The molecular formula is C19H16Cl3N3OS. The van der Waals surface area contributed by atoms with Crippen molar-refractivity contribution in [2.45, 2.75) is 19.5 Å². The number of rotatable bonds is 4. The van der Waals surface area contributed by atoms with Gasteiger partial charge in [0.25, 0.3) is 0 Å². The van der Waals surface area contributed by atoms with Crippen molar-refractivity contribution in [2.75, 3.05) is 11.1 Å². The van der Waals surface area contributed by atoms with E-state index in [1.807, 2.05) is 26.0 Å². The van der Waals surface area contributed by atoms with Crippen molar-refractivity contribution in [2.24, 2.45) is 9.98 Å². The van der Waals surface area contributed by atoms with Crippen LogP contribution in [0.3, 0.4) is 0 Å². The minimum Gasteiger partial charge on any atom is -0.324 e. The smallest absolute Gasteiger partial charge is 0.234 e. The number of thioether (sulfide) groups is 1. The van der Waals surface area contributed by atoms with Crippen LogP contribution >= 0.6 is 46.6 Å². The van der Waals surface area contributed by atoms with Gasteiger partial charge in [-0.25, -0.2) is 4.99 Å². The van der Waals surface area contributed by atoms with E-state index in [1.165, 1.54) is 11.8 Å². The highest BCUT2D eigenvalue weighted by Crippen LogP contribution is 2.28. The number of amides is 1. The van der Waals surface area contributed by atoms with E-state index in [1.54, 1.807) is 30.3 Å². The SMILES string of the molecule is CC1(C)N=C(SCC(=O)Nc2cc(Cl)ccc2Cl)C(c2ccc(Cl)cc2)=N1. The van der Waals surface area contributed by atoms with Gasteiger partial charge in [0.05, 0.1) is 22.2 Å². The van der Waals surface area contributed by atoms with Crippen molar-refractivity contribution in [1.29, 1.82) is 0 Å². The van der Waals surface area contributed by atoms with E-state index in [9.17, 15) is 4.79 Å². The molecule has 0 aromatic heterocycles. The number of carbonyl (C=O) groups is 1. The molecule has 0 saturated heterocycles. The molecule has 0 atom stereocenters. The lowest BCUT2D eigenvalue weighted by Gasteiger charge is -2.09. The van der Waals surface area contributed by atoms with E-state index in [0.29, 0.717) is 20.8 Å². The van der Waals surface area contributed by atoms with Crippen LogP contribution in [0.15, 0.2) is 52.4 Å². The fourth-order valence-electron chi connectivity index (χ4n) is 2.46. The van der Waals surface area contributed by atoms with Gasteiger partial charge in [-0.15, -0.1) is 0 Å². The number of anilines is 1. The zero-order valence-corrected chi connectivity index (χ0v) is 17.7. The average molecular weight is 441 g/mol. The third-order valence-electron chi connectivity index (χ3n) is 3.62. The number of nitrogens with zero attached hydrogens (tertiary/aromatic N) is 2. The highest BCUT2D eigenvalue weighted by molar-refractivity contribution is 8.16. The Morgan fingerprint density at radius 1 is 1.04 bits per heavy atom. The molecule has 3 rings (SSSR count). The van der Waals surface area contributed by atoms with Crippen LogP contribution in [0.1, 0.15) is 19.4 Å². The van der Waals surface area contributed by atoms with Gasteiger partial charge in [0.15, 0.2) is 0 Å². The molecule has 1 amide bonds. The van der Waals surface area contributed by atoms with Crippen molar-refractivity contribution in [3.63, 3.8) is 0 Å². The molecule has 0 saturated carbocycles. The van der Waals surface area contributed by atoms with Crippen LogP contribution in [0.5, 0.6) is 0 Å². The lowest BCUT2D eigenvalue weighted by Crippen LogP contribution is -2.18. The van der Waals surface area contributed by atoms with Crippen LogP contribution in [0, 0.1) is 0 Å². The van der Waals surface area contributed by atoms with Gasteiger partial charge in [-0.3, -0.25) is 9.79 Å². The van der Waals surface area contributed by atoms with Crippen LogP contribution < -0.4 is 5.32 Å². The number of nitrogens with one attached hydrogen (secondary N) is 1. The zero-order chi connectivity index (χ0) is 19.6. The number of benzene rings is 2. The summed E-state index contributed by atoms with van der Waals surface area (Å²) in [6.45, 7) is 3.84. The minimum absolute atomic E-state index is 0.171. The van der Waals surface area contributed by atoms with Crippen LogP contribution in [-0.2, 0) is 4.79 Å². The fourth-order valence-corrected chi connectivity index (χ4v) is 3.85. The van der Waals surface area contributed by atoms with E-state index in [4.69, 9.17) is 34.8 Å². The molecule has 1 N–H and O–H groups in total. The summed E-state index contributed by atoms with van der Waals surface area (Å²) in [5.41, 5.74) is 1.59. The third-order valence-corrected chi connectivity index (χ3v) is 5.40. The summed E-state index contributed by atoms with van der Waals surface area (Å²) in [4.78, 5) is 21.6. The van der Waals surface area contributed by atoms with Crippen molar-refractivity contribution < 1.29 is 4.79 Å². The first-order valence-electron chi connectivity index (χ1n) is 8.07. The maximum absolute atomic E-state index is 12.3. The molecular weight excluding hydrogens is 425 g/mol. The quantitative estimate of drug-likeness (QED) is 0.638. The highest BCUT2D eigenvalue weighted by atomic mass is 35.5. The zero-order valence-electron chi connectivity index (χ0n) is 14.6. The molecule has 0 bridgehead atoms. The van der Waals surface area contributed by atoms with Crippen LogP contribution in [0.4, 0.5) is 5.69 Å². The summed E-state index contributed by atoms with van der Waals surface area (Å²) in [6.07, 6.45) is 0. The Hall–Kier alpha value is -1.53. The van der Waals surface area contributed by atoms with E-state index in [2.05, 4.69) is 15.3 Å². The van der Waals surface area contributed by atoms with E-state index in [0.717, 1.165) is 16.3 Å². The Labute approximate surface area is 177 Å². The first-order chi connectivity index (χ1) is 12.7. The lowest BCUT2D eigenvalue weighted by molar-refractivity contribution is -0.113. The van der Waals surface area contributed by atoms with E-state index >= 15 is 0 Å². The predicted molar refractivity (Wildman–Crippen MR) is 117 cm³/mol. The summed E-state index contributed by atoms with van der Waals surface area (Å²) >= 11 is 19.3. The minimum atomic E-state index is -0.565. The number of carbonyl (C=O) groups excluding carboxylic acids is 1. The monoisotopic (exact) mass is 439 g/mol. The predicted octanol–water partition coefficient (Wildman–Crippen LogP) is 5.96. The third kappa shape index (κ3) is 5.26. The second-order valence-electron chi connectivity index (χ2n) is 6.34. The van der Waals surface area contributed by atoms with Gasteiger partial charge < -0.3 is 5.32 Å². The largest absolute Gasteiger partial charge is 0.324 e. The summed E-state index contributed by atoms with van der Waals surface area (Å²) in [5.74, 6) is -0.0308. The molecule has 1 heterocycles. The Bertz CT molecular complexity index is 940.